The highest BCUT2D eigenvalue weighted by Crippen LogP contribution is 2.22. The minimum Gasteiger partial charge on any atom is -0.294 e. The number of carbonyl (C=O) groups excluding carboxylic acids is 1. The van der Waals surface area contributed by atoms with E-state index in [0.717, 1.165) is 5.56 Å². The topological polar surface area (TPSA) is 17.1 Å². The predicted molar refractivity (Wildman–Crippen MR) is 52.7 cm³/mol. The Hall–Kier alpha value is -0.630. The van der Waals surface area contributed by atoms with Crippen LogP contribution in [-0.2, 0) is 0 Å². The second kappa shape index (κ2) is 3.40. The summed E-state index contributed by atoms with van der Waals surface area (Å²) in [6.07, 6.45) is 0.629. The Morgan fingerprint density at radius 1 is 1.50 bits per heavy atom. The molecular formula is C10H14OS. The first-order chi connectivity index (χ1) is 5.49. The Kier molecular flexibility index (Phi) is 2.68. The van der Waals surface area contributed by atoms with E-state index in [-0.39, 0.29) is 11.2 Å². The molecule has 0 aliphatic heterocycles. The predicted octanol–water partition coefficient (Wildman–Crippen LogP) is 3.37. The van der Waals surface area contributed by atoms with Crippen molar-refractivity contribution in [3.63, 3.8) is 0 Å². The third-order valence-corrected chi connectivity index (χ3v) is 2.22. The Labute approximate surface area is 77.4 Å². The first-order valence-corrected chi connectivity index (χ1v) is 4.99. The summed E-state index contributed by atoms with van der Waals surface area (Å²) in [6, 6.07) is 1.89. The Morgan fingerprint density at radius 2 is 2.17 bits per heavy atom. The SMILES string of the molecule is CC(C)(C)CC(=O)c1ccsc1. The maximum absolute atomic E-state index is 11.5. The van der Waals surface area contributed by atoms with Gasteiger partial charge in [0.15, 0.2) is 5.78 Å². The van der Waals surface area contributed by atoms with E-state index in [1.54, 1.807) is 11.3 Å². The van der Waals surface area contributed by atoms with Gasteiger partial charge in [-0.15, -0.1) is 0 Å². The van der Waals surface area contributed by atoms with E-state index < -0.39 is 0 Å². The fourth-order valence-electron chi connectivity index (χ4n) is 1.01. The number of Topliss-reactive ketones (excluding diaryl/α,β-unsaturated/α-hetero) is 1. The molecule has 0 spiro atoms. The van der Waals surface area contributed by atoms with Crippen LogP contribution in [-0.4, -0.2) is 5.78 Å². The van der Waals surface area contributed by atoms with Crippen LogP contribution >= 0.6 is 11.3 Å². The van der Waals surface area contributed by atoms with Gasteiger partial charge in [-0.05, 0) is 16.9 Å². The molecular weight excluding hydrogens is 168 g/mol. The molecule has 0 aromatic carbocycles. The molecule has 0 fully saturated rings. The highest BCUT2D eigenvalue weighted by atomic mass is 32.1. The van der Waals surface area contributed by atoms with Crippen LogP contribution in [0.1, 0.15) is 37.6 Å². The van der Waals surface area contributed by atoms with Gasteiger partial charge in [0.05, 0.1) is 0 Å². The lowest BCUT2D eigenvalue weighted by molar-refractivity contribution is 0.0940. The average Bonchev–Trinajstić information content (AvgIpc) is 2.32. The van der Waals surface area contributed by atoms with Crippen LogP contribution in [0.2, 0.25) is 0 Å². The molecule has 1 heterocycles. The molecule has 1 aromatic rings. The van der Waals surface area contributed by atoms with Gasteiger partial charge in [0.1, 0.15) is 0 Å². The van der Waals surface area contributed by atoms with Crippen molar-refractivity contribution in [2.24, 2.45) is 5.41 Å². The summed E-state index contributed by atoms with van der Waals surface area (Å²) in [5.41, 5.74) is 0.953. The summed E-state index contributed by atoms with van der Waals surface area (Å²) >= 11 is 1.57. The molecule has 0 unspecified atom stereocenters. The first-order valence-electron chi connectivity index (χ1n) is 4.04. The lowest BCUT2D eigenvalue weighted by Crippen LogP contribution is -2.12. The molecule has 0 bridgehead atoms. The zero-order chi connectivity index (χ0) is 9.19. The maximum Gasteiger partial charge on any atom is 0.164 e. The fourth-order valence-corrected chi connectivity index (χ4v) is 1.67. The molecule has 1 aromatic heterocycles. The first kappa shape index (κ1) is 9.46. The number of thiophene rings is 1. The van der Waals surface area contributed by atoms with E-state index in [1.807, 2.05) is 16.8 Å². The zero-order valence-corrected chi connectivity index (χ0v) is 8.57. The van der Waals surface area contributed by atoms with Gasteiger partial charge >= 0.3 is 0 Å². The maximum atomic E-state index is 11.5. The summed E-state index contributed by atoms with van der Waals surface area (Å²) in [6.45, 7) is 6.24. The number of ketones is 1. The van der Waals surface area contributed by atoms with Gasteiger partial charge in [-0.1, -0.05) is 20.8 Å². The van der Waals surface area contributed by atoms with Crippen molar-refractivity contribution in [2.45, 2.75) is 27.2 Å². The minimum atomic E-state index is 0.0962. The molecule has 12 heavy (non-hydrogen) atoms. The Bertz CT molecular complexity index is 254. The lowest BCUT2D eigenvalue weighted by atomic mass is 9.88. The molecule has 0 amide bonds. The van der Waals surface area contributed by atoms with Gasteiger partial charge in [0.2, 0.25) is 0 Å². The van der Waals surface area contributed by atoms with E-state index in [1.165, 1.54) is 0 Å². The van der Waals surface area contributed by atoms with Crippen molar-refractivity contribution in [2.75, 3.05) is 0 Å². The van der Waals surface area contributed by atoms with Crippen LogP contribution in [0, 0.1) is 5.41 Å². The Morgan fingerprint density at radius 3 is 2.58 bits per heavy atom. The standard InChI is InChI=1S/C10H14OS/c1-10(2,3)6-9(11)8-4-5-12-7-8/h4-5,7H,6H2,1-3H3. The van der Waals surface area contributed by atoms with Crippen LogP contribution in [0.25, 0.3) is 0 Å². The number of hydrogen-bond acceptors (Lipinski definition) is 2. The minimum absolute atomic E-state index is 0.0962. The molecule has 0 atom stereocenters. The summed E-state index contributed by atoms with van der Waals surface area (Å²) in [5.74, 6) is 0.253. The Balaban J connectivity index is 2.63. The average molecular weight is 182 g/mol. The van der Waals surface area contributed by atoms with Crippen LogP contribution in [0.4, 0.5) is 0 Å². The quantitative estimate of drug-likeness (QED) is 0.641. The number of rotatable bonds is 2. The van der Waals surface area contributed by atoms with Gasteiger partial charge < -0.3 is 0 Å². The van der Waals surface area contributed by atoms with E-state index in [2.05, 4.69) is 20.8 Å². The van der Waals surface area contributed by atoms with Crippen molar-refractivity contribution < 1.29 is 4.79 Å². The van der Waals surface area contributed by atoms with Crippen LogP contribution in [0.15, 0.2) is 16.8 Å². The summed E-state index contributed by atoms with van der Waals surface area (Å²) in [7, 11) is 0. The third-order valence-electron chi connectivity index (χ3n) is 1.53. The normalized spacial score (nSPS) is 11.6. The molecule has 0 radical (unpaired) electrons. The largest absolute Gasteiger partial charge is 0.294 e. The highest BCUT2D eigenvalue weighted by Gasteiger charge is 2.17. The summed E-state index contributed by atoms with van der Waals surface area (Å²) in [4.78, 5) is 11.5. The second-order valence-electron chi connectivity index (χ2n) is 4.17. The van der Waals surface area contributed by atoms with Crippen molar-refractivity contribution >= 4 is 17.1 Å². The van der Waals surface area contributed by atoms with E-state index in [0.29, 0.717) is 6.42 Å². The molecule has 0 N–H and O–H groups in total. The van der Waals surface area contributed by atoms with Crippen LogP contribution < -0.4 is 0 Å². The van der Waals surface area contributed by atoms with Crippen molar-refractivity contribution in [1.29, 1.82) is 0 Å². The van der Waals surface area contributed by atoms with Crippen LogP contribution in [0.5, 0.6) is 0 Å². The van der Waals surface area contributed by atoms with Crippen molar-refractivity contribution in [3.05, 3.63) is 22.4 Å². The van der Waals surface area contributed by atoms with Crippen LogP contribution in [0.3, 0.4) is 0 Å². The second-order valence-corrected chi connectivity index (χ2v) is 4.95. The van der Waals surface area contributed by atoms with E-state index in [4.69, 9.17) is 0 Å². The molecule has 1 rings (SSSR count). The molecule has 0 saturated heterocycles. The smallest absolute Gasteiger partial charge is 0.164 e. The van der Waals surface area contributed by atoms with Gasteiger partial charge in [0, 0.05) is 17.4 Å². The number of carbonyl (C=O) groups is 1. The van der Waals surface area contributed by atoms with Crippen molar-refractivity contribution in [1.82, 2.24) is 0 Å². The van der Waals surface area contributed by atoms with E-state index in [9.17, 15) is 4.79 Å². The summed E-state index contributed by atoms with van der Waals surface area (Å²) < 4.78 is 0. The fraction of sp³-hybridized carbons (Fsp3) is 0.500. The molecule has 66 valence electrons. The van der Waals surface area contributed by atoms with E-state index >= 15 is 0 Å². The van der Waals surface area contributed by atoms with Crippen molar-refractivity contribution in [3.8, 4) is 0 Å². The third kappa shape index (κ3) is 2.78. The van der Waals surface area contributed by atoms with Gasteiger partial charge in [-0.3, -0.25) is 4.79 Å². The highest BCUT2D eigenvalue weighted by molar-refractivity contribution is 7.08. The van der Waals surface area contributed by atoms with Gasteiger partial charge in [-0.25, -0.2) is 0 Å². The molecule has 0 aliphatic rings. The number of hydrogen-bond donors (Lipinski definition) is 0. The molecule has 2 heteroatoms. The molecule has 1 nitrogen and oxygen atoms in total. The lowest BCUT2D eigenvalue weighted by Gasteiger charge is -2.15. The zero-order valence-electron chi connectivity index (χ0n) is 7.76. The monoisotopic (exact) mass is 182 g/mol. The van der Waals surface area contributed by atoms with Gasteiger partial charge in [-0.2, -0.15) is 11.3 Å². The van der Waals surface area contributed by atoms with Gasteiger partial charge in [0.25, 0.3) is 0 Å². The summed E-state index contributed by atoms with van der Waals surface area (Å²) in [5, 5.41) is 3.85. The molecule has 0 saturated carbocycles. The molecule has 0 aliphatic carbocycles.